The zero-order valence-corrected chi connectivity index (χ0v) is 20.2. The van der Waals surface area contributed by atoms with Gasteiger partial charge in [0.2, 0.25) is 0 Å². The van der Waals surface area contributed by atoms with Gasteiger partial charge in [-0.05, 0) is 62.6 Å². The zero-order chi connectivity index (χ0) is 26.1. The number of aryl methyl sites for hydroxylation is 1. The molecule has 2 atom stereocenters. The lowest BCUT2D eigenvalue weighted by Gasteiger charge is -2.62. The Morgan fingerprint density at radius 2 is 1.53 bits per heavy atom. The highest BCUT2D eigenvalue weighted by molar-refractivity contribution is 5.91. The van der Waals surface area contributed by atoms with Crippen molar-refractivity contribution in [1.82, 2.24) is 0 Å². The number of hydrogen-bond donors (Lipinski definition) is 0. The van der Waals surface area contributed by atoms with Gasteiger partial charge in [0.1, 0.15) is 13.2 Å². The van der Waals surface area contributed by atoms with Gasteiger partial charge in [-0.3, -0.25) is 4.79 Å². The van der Waals surface area contributed by atoms with Crippen LogP contribution in [-0.2, 0) is 19.0 Å². The lowest BCUT2D eigenvalue weighted by molar-refractivity contribution is -0.345. The first kappa shape index (κ1) is 25.3. The number of benzene rings is 1. The summed E-state index contributed by atoms with van der Waals surface area (Å²) in [6, 6.07) is 2.95. The fourth-order valence-electron chi connectivity index (χ4n) is 6.77. The summed E-state index contributed by atoms with van der Waals surface area (Å²) in [6.45, 7) is -1.20. The van der Waals surface area contributed by atoms with E-state index in [0.717, 1.165) is 0 Å². The van der Waals surface area contributed by atoms with E-state index < -0.39 is 60.0 Å². The molecule has 5 fully saturated rings. The van der Waals surface area contributed by atoms with E-state index >= 15 is 0 Å². The molecule has 6 rings (SSSR count). The minimum Gasteiger partial charge on any atom is -0.493 e. The van der Waals surface area contributed by atoms with Crippen LogP contribution in [0.1, 0.15) is 48.0 Å². The lowest BCUT2D eigenvalue weighted by Crippen LogP contribution is -2.65. The van der Waals surface area contributed by atoms with Crippen LogP contribution in [0.2, 0.25) is 0 Å². The summed E-state index contributed by atoms with van der Waals surface area (Å²) in [5.41, 5.74) is -0.201. The molecule has 5 aliphatic rings. The number of halogens is 4. The van der Waals surface area contributed by atoms with Crippen molar-refractivity contribution in [3.05, 3.63) is 23.3 Å². The highest BCUT2D eigenvalue weighted by Crippen LogP contribution is 2.66. The Morgan fingerprint density at radius 1 is 0.944 bits per heavy atom. The van der Waals surface area contributed by atoms with Crippen molar-refractivity contribution in [3.8, 4) is 11.5 Å². The van der Waals surface area contributed by atoms with Crippen molar-refractivity contribution in [3.63, 3.8) is 0 Å². The predicted octanol–water partition coefficient (Wildman–Crippen LogP) is 4.54. The molecule has 1 aromatic rings. The molecular weight excluding hydrogens is 488 g/mol. The Morgan fingerprint density at radius 3 is 2.06 bits per heavy atom. The second-order valence-corrected chi connectivity index (χ2v) is 10.5. The molecule has 1 aromatic carbocycles. The third-order valence-corrected chi connectivity index (χ3v) is 8.33. The van der Waals surface area contributed by atoms with Gasteiger partial charge in [-0.15, -0.1) is 0 Å². The van der Waals surface area contributed by atoms with Crippen LogP contribution in [0.3, 0.4) is 0 Å². The van der Waals surface area contributed by atoms with Crippen molar-refractivity contribution < 1.29 is 50.8 Å². The predicted molar refractivity (Wildman–Crippen MR) is 115 cm³/mol. The average Bonchev–Trinajstić information content (AvgIpc) is 2.92. The topological polar surface area (TPSA) is 80.3 Å². The quantitative estimate of drug-likeness (QED) is 0.330. The fourth-order valence-corrected chi connectivity index (χ4v) is 6.77. The molecule has 0 N–H and O–H groups in total. The highest BCUT2D eigenvalue weighted by Gasteiger charge is 2.70. The molecule has 1 saturated heterocycles. The molecule has 11 heteroatoms. The Balaban J connectivity index is 1.41. The van der Waals surface area contributed by atoms with Crippen molar-refractivity contribution in [2.75, 3.05) is 27.4 Å². The maximum atomic E-state index is 14.0. The number of esters is 2. The van der Waals surface area contributed by atoms with E-state index in [1.807, 2.05) is 0 Å². The third kappa shape index (κ3) is 3.69. The first-order chi connectivity index (χ1) is 16.9. The molecule has 1 spiro atoms. The molecule has 4 aliphatic carbocycles. The largest absolute Gasteiger partial charge is 0.493 e. The van der Waals surface area contributed by atoms with E-state index in [0.29, 0.717) is 24.8 Å². The van der Waals surface area contributed by atoms with Gasteiger partial charge >= 0.3 is 23.8 Å². The van der Waals surface area contributed by atoms with Crippen molar-refractivity contribution >= 4 is 11.9 Å². The van der Waals surface area contributed by atoms with E-state index in [1.54, 1.807) is 6.92 Å². The van der Waals surface area contributed by atoms with E-state index in [-0.39, 0.29) is 35.8 Å². The van der Waals surface area contributed by atoms with Crippen molar-refractivity contribution in [2.24, 2.45) is 23.2 Å². The maximum Gasteiger partial charge on any atom is 0.337 e. The number of carbonyl (C=O) groups is 2. The van der Waals surface area contributed by atoms with Gasteiger partial charge in [0.25, 0.3) is 0 Å². The molecule has 1 aliphatic heterocycles. The van der Waals surface area contributed by atoms with Crippen LogP contribution in [0, 0.1) is 30.1 Å². The van der Waals surface area contributed by atoms with Gasteiger partial charge in [-0.1, -0.05) is 0 Å². The summed E-state index contributed by atoms with van der Waals surface area (Å²) in [6.07, 6.45) is 2.07. The van der Waals surface area contributed by atoms with E-state index in [1.165, 1.54) is 26.4 Å². The summed E-state index contributed by atoms with van der Waals surface area (Å²) < 4.78 is 83.1. The van der Waals surface area contributed by atoms with Gasteiger partial charge < -0.3 is 23.7 Å². The van der Waals surface area contributed by atoms with Crippen molar-refractivity contribution in [1.29, 1.82) is 0 Å². The first-order valence-corrected chi connectivity index (χ1v) is 11.9. The number of hydrogen-bond acceptors (Lipinski definition) is 7. The molecule has 4 saturated carbocycles. The molecule has 7 nitrogen and oxygen atoms in total. The van der Waals surface area contributed by atoms with Gasteiger partial charge in [-0.2, -0.15) is 17.6 Å². The number of methoxy groups -OCH3 is 2. The SMILES string of the molecule is COC(=O)c1cc(C)c(OC(=O)C23CC4CC(C2)C2(OCC(F)(F)C(F)(F)CO2)C(C4)C3)c(OC)c1. The van der Waals surface area contributed by atoms with E-state index in [9.17, 15) is 27.2 Å². The Bertz CT molecular complexity index is 1050. The summed E-state index contributed by atoms with van der Waals surface area (Å²) in [5.74, 6) is -11.9. The Labute approximate surface area is 205 Å². The van der Waals surface area contributed by atoms with Crippen LogP contribution in [0.5, 0.6) is 11.5 Å². The first-order valence-electron chi connectivity index (χ1n) is 11.9. The number of carbonyl (C=O) groups excluding carboxylic acids is 2. The fraction of sp³-hybridized carbons (Fsp3) is 0.680. The second-order valence-electron chi connectivity index (χ2n) is 10.5. The molecule has 1 heterocycles. The molecule has 0 amide bonds. The van der Waals surface area contributed by atoms with Crippen LogP contribution >= 0.6 is 0 Å². The second kappa shape index (κ2) is 8.31. The van der Waals surface area contributed by atoms with Gasteiger partial charge in [-0.25, -0.2) is 4.79 Å². The smallest absolute Gasteiger partial charge is 0.337 e. The molecule has 2 unspecified atom stereocenters. The standard InChI is InChI=1S/C25H28F4O7/c1-13-4-15(20(30)33-3)7-18(32-2)19(13)36-21(31)22-8-14-5-16(9-22)25(17(6-14)10-22)34-11-23(26,27)24(28,29)12-35-25/h4,7,14,16-17H,5-6,8-12H2,1-3H3. The molecule has 0 radical (unpaired) electrons. The highest BCUT2D eigenvalue weighted by atomic mass is 19.3. The molecule has 36 heavy (non-hydrogen) atoms. The van der Waals surface area contributed by atoms with Crippen LogP contribution < -0.4 is 9.47 Å². The number of rotatable bonds is 4. The van der Waals surface area contributed by atoms with E-state index in [4.69, 9.17) is 23.7 Å². The number of alkyl halides is 4. The molecule has 198 valence electrons. The minimum atomic E-state index is -4.34. The maximum absolute atomic E-state index is 14.0. The Kier molecular flexibility index (Phi) is 5.83. The summed E-state index contributed by atoms with van der Waals surface area (Å²) in [7, 11) is 2.63. The van der Waals surface area contributed by atoms with Gasteiger partial charge in [0, 0.05) is 11.8 Å². The summed E-state index contributed by atoms with van der Waals surface area (Å²) in [4.78, 5) is 25.6. The van der Waals surface area contributed by atoms with Crippen LogP contribution in [0.15, 0.2) is 12.1 Å². The number of ether oxygens (including phenoxy) is 5. The Hall–Kier alpha value is -2.40. The van der Waals surface area contributed by atoms with Crippen molar-refractivity contribution in [2.45, 2.75) is 56.7 Å². The summed E-state index contributed by atoms with van der Waals surface area (Å²) >= 11 is 0. The average molecular weight is 516 g/mol. The minimum absolute atomic E-state index is 0.0989. The lowest BCUT2D eigenvalue weighted by atomic mass is 9.47. The third-order valence-electron chi connectivity index (χ3n) is 8.33. The monoisotopic (exact) mass is 516 g/mol. The summed E-state index contributed by atoms with van der Waals surface area (Å²) in [5, 5.41) is 0. The van der Waals surface area contributed by atoms with Crippen LogP contribution in [0.25, 0.3) is 0 Å². The van der Waals surface area contributed by atoms with Crippen LogP contribution in [-0.4, -0.2) is 57.0 Å². The van der Waals surface area contributed by atoms with Gasteiger partial charge in [0.15, 0.2) is 17.3 Å². The molecule has 4 bridgehead atoms. The van der Waals surface area contributed by atoms with E-state index in [2.05, 4.69) is 0 Å². The van der Waals surface area contributed by atoms with Crippen LogP contribution in [0.4, 0.5) is 17.6 Å². The van der Waals surface area contributed by atoms with Gasteiger partial charge in [0.05, 0.1) is 25.2 Å². The normalized spacial score (nSPS) is 33.1. The zero-order valence-electron chi connectivity index (χ0n) is 20.2. The molecular formula is C25H28F4O7. The molecule has 0 aromatic heterocycles.